The summed E-state index contributed by atoms with van der Waals surface area (Å²) < 4.78 is 1.93. The molecule has 1 saturated heterocycles. The van der Waals surface area contributed by atoms with E-state index >= 15 is 0 Å². The highest BCUT2D eigenvalue weighted by atomic mass is 16.2. The van der Waals surface area contributed by atoms with Gasteiger partial charge in [0.25, 0.3) is 0 Å². The van der Waals surface area contributed by atoms with Crippen LogP contribution in [0.15, 0.2) is 60.7 Å². The van der Waals surface area contributed by atoms with Crippen LogP contribution >= 0.6 is 0 Å². The number of nitrogens with zero attached hydrogens (tertiary/aromatic N) is 3. The van der Waals surface area contributed by atoms with Crippen LogP contribution in [-0.4, -0.2) is 38.9 Å². The van der Waals surface area contributed by atoms with Crippen LogP contribution in [0.3, 0.4) is 0 Å². The largest absolute Gasteiger partial charge is 0.345 e. The number of fused-ring (bicyclic) bond motifs is 1. The first-order chi connectivity index (χ1) is 15.1. The van der Waals surface area contributed by atoms with Gasteiger partial charge in [0.05, 0.1) is 17.6 Å². The quantitative estimate of drug-likeness (QED) is 0.622. The van der Waals surface area contributed by atoms with Crippen molar-refractivity contribution in [2.75, 3.05) is 6.54 Å². The minimum Gasteiger partial charge on any atom is -0.345 e. The first-order valence-corrected chi connectivity index (χ1v) is 10.9. The molecule has 2 amide bonds. The molecule has 0 radical (unpaired) electrons. The minimum atomic E-state index is -0.196. The van der Waals surface area contributed by atoms with Gasteiger partial charge in [-0.15, -0.1) is 0 Å². The van der Waals surface area contributed by atoms with Crippen molar-refractivity contribution < 1.29 is 9.59 Å². The Bertz CT molecular complexity index is 1090. The average Bonchev–Trinajstić information content (AvgIpc) is 3.14. The third-order valence-corrected chi connectivity index (χ3v) is 5.80. The molecule has 2 heterocycles. The lowest BCUT2D eigenvalue weighted by Gasteiger charge is -2.33. The minimum absolute atomic E-state index is 0.104. The summed E-state index contributed by atoms with van der Waals surface area (Å²) in [6, 6.07) is 17.7. The number of carbonyl (C=O) groups excluding carboxylic acids is 2. The van der Waals surface area contributed by atoms with Crippen LogP contribution in [0.25, 0.3) is 17.1 Å². The number of amides is 2. The number of nitrogens with one attached hydrogen (secondary N) is 1. The van der Waals surface area contributed by atoms with Gasteiger partial charge in [0.1, 0.15) is 12.4 Å². The van der Waals surface area contributed by atoms with Gasteiger partial charge in [0.2, 0.25) is 11.8 Å². The fourth-order valence-electron chi connectivity index (χ4n) is 4.09. The van der Waals surface area contributed by atoms with Gasteiger partial charge < -0.3 is 14.8 Å². The highest BCUT2D eigenvalue weighted by Crippen LogP contribution is 2.20. The van der Waals surface area contributed by atoms with E-state index in [4.69, 9.17) is 0 Å². The molecule has 1 atom stereocenters. The maximum Gasteiger partial charge on any atom is 0.244 e. The number of aromatic nitrogens is 2. The molecule has 1 fully saturated rings. The number of piperidine rings is 1. The first-order valence-electron chi connectivity index (χ1n) is 10.9. The number of carbonyl (C=O) groups is 2. The Labute approximate surface area is 182 Å². The standard InChI is InChI=1S/C25H28N4O2/c1-19-9-7-8-16-28(19)25(31)18-29-22-13-6-5-12-21(22)27-23(29)17-26-24(30)15-14-20-10-3-2-4-11-20/h2-6,10-15,19H,7-9,16-18H2,1H3,(H,26,30)/b15-14-. The van der Waals surface area contributed by atoms with Gasteiger partial charge >= 0.3 is 0 Å². The molecule has 1 aliphatic heterocycles. The third kappa shape index (κ3) is 5.02. The highest BCUT2D eigenvalue weighted by Gasteiger charge is 2.24. The normalized spacial score (nSPS) is 16.7. The van der Waals surface area contributed by atoms with Crippen molar-refractivity contribution in [2.24, 2.45) is 0 Å². The summed E-state index contributed by atoms with van der Waals surface area (Å²) in [5, 5.41) is 2.90. The average molecular weight is 417 g/mol. The summed E-state index contributed by atoms with van der Waals surface area (Å²) in [6.45, 7) is 3.41. The highest BCUT2D eigenvalue weighted by molar-refractivity contribution is 5.91. The molecule has 1 aromatic heterocycles. The van der Waals surface area contributed by atoms with E-state index in [1.807, 2.05) is 64.1 Å². The molecule has 0 bridgehead atoms. The Morgan fingerprint density at radius 1 is 1.10 bits per heavy atom. The Kier molecular flexibility index (Phi) is 6.46. The van der Waals surface area contributed by atoms with Gasteiger partial charge in [0, 0.05) is 18.7 Å². The molecular formula is C25H28N4O2. The van der Waals surface area contributed by atoms with Gasteiger partial charge in [-0.2, -0.15) is 0 Å². The molecule has 0 aliphatic carbocycles. The van der Waals surface area contributed by atoms with Crippen molar-refractivity contribution in [3.05, 3.63) is 72.1 Å². The monoisotopic (exact) mass is 416 g/mol. The van der Waals surface area contributed by atoms with Crippen molar-refractivity contribution in [1.82, 2.24) is 19.8 Å². The summed E-state index contributed by atoms with van der Waals surface area (Å²) in [7, 11) is 0. The molecule has 1 unspecified atom stereocenters. The maximum atomic E-state index is 13.0. The van der Waals surface area contributed by atoms with Crippen molar-refractivity contribution in [3.63, 3.8) is 0 Å². The lowest BCUT2D eigenvalue weighted by Crippen LogP contribution is -2.43. The third-order valence-electron chi connectivity index (χ3n) is 5.80. The van der Waals surface area contributed by atoms with Crippen LogP contribution in [0.5, 0.6) is 0 Å². The number of benzene rings is 2. The second-order valence-electron chi connectivity index (χ2n) is 8.00. The molecule has 6 nitrogen and oxygen atoms in total. The number of likely N-dealkylation sites (tertiary alicyclic amines) is 1. The molecule has 3 aromatic rings. The lowest BCUT2D eigenvalue weighted by molar-refractivity contribution is -0.135. The zero-order valence-electron chi connectivity index (χ0n) is 17.8. The topological polar surface area (TPSA) is 67.2 Å². The first kappa shape index (κ1) is 20.8. The van der Waals surface area contributed by atoms with Crippen LogP contribution < -0.4 is 5.32 Å². The summed E-state index contributed by atoms with van der Waals surface area (Å²) in [5.41, 5.74) is 2.70. The Morgan fingerprint density at radius 3 is 2.68 bits per heavy atom. The van der Waals surface area contributed by atoms with E-state index in [1.165, 1.54) is 12.5 Å². The second-order valence-corrected chi connectivity index (χ2v) is 8.00. The van der Waals surface area contributed by atoms with E-state index in [9.17, 15) is 9.59 Å². The molecular weight excluding hydrogens is 388 g/mol. The predicted molar refractivity (Wildman–Crippen MR) is 122 cm³/mol. The second kappa shape index (κ2) is 9.60. The molecule has 31 heavy (non-hydrogen) atoms. The van der Waals surface area contributed by atoms with Crippen LogP contribution in [0, 0.1) is 0 Å². The smallest absolute Gasteiger partial charge is 0.244 e. The Balaban J connectivity index is 1.49. The van der Waals surface area contributed by atoms with Gasteiger partial charge in [-0.05, 0) is 50.0 Å². The van der Waals surface area contributed by atoms with Gasteiger partial charge in [-0.1, -0.05) is 42.5 Å². The van der Waals surface area contributed by atoms with Gasteiger partial charge in [0.15, 0.2) is 0 Å². The molecule has 1 N–H and O–H groups in total. The van der Waals surface area contributed by atoms with E-state index in [0.717, 1.165) is 36.0 Å². The van der Waals surface area contributed by atoms with Crippen LogP contribution in [0.4, 0.5) is 0 Å². The van der Waals surface area contributed by atoms with E-state index in [0.29, 0.717) is 5.82 Å². The molecule has 4 rings (SSSR count). The molecule has 0 spiro atoms. The molecule has 1 aliphatic rings. The maximum absolute atomic E-state index is 13.0. The molecule has 160 valence electrons. The van der Waals surface area contributed by atoms with Gasteiger partial charge in [-0.25, -0.2) is 4.98 Å². The van der Waals surface area contributed by atoms with Crippen LogP contribution in [-0.2, 0) is 22.7 Å². The molecule has 6 heteroatoms. The number of rotatable bonds is 6. The van der Waals surface area contributed by atoms with E-state index in [2.05, 4.69) is 17.2 Å². The number of para-hydroxylation sites is 2. The Hall–Kier alpha value is -3.41. The number of hydrogen-bond acceptors (Lipinski definition) is 3. The molecule has 2 aromatic carbocycles. The van der Waals surface area contributed by atoms with Crippen molar-refractivity contribution in [2.45, 2.75) is 45.3 Å². The van der Waals surface area contributed by atoms with Crippen molar-refractivity contribution >= 4 is 28.9 Å². The Morgan fingerprint density at radius 2 is 1.87 bits per heavy atom. The predicted octanol–water partition coefficient (Wildman–Crippen LogP) is 3.77. The van der Waals surface area contributed by atoms with Crippen LogP contribution in [0.2, 0.25) is 0 Å². The fraction of sp³-hybridized carbons (Fsp3) is 0.320. The number of hydrogen-bond donors (Lipinski definition) is 1. The zero-order chi connectivity index (χ0) is 21.6. The SMILES string of the molecule is CC1CCCCN1C(=O)Cn1c(CNC(=O)/C=C\c2ccccc2)nc2ccccc21. The summed E-state index contributed by atoms with van der Waals surface area (Å²) in [6.07, 6.45) is 6.57. The van der Waals surface area contributed by atoms with E-state index < -0.39 is 0 Å². The lowest BCUT2D eigenvalue weighted by atomic mass is 10.0. The van der Waals surface area contributed by atoms with Crippen LogP contribution in [0.1, 0.15) is 37.6 Å². The number of imidazole rings is 1. The fourth-order valence-corrected chi connectivity index (χ4v) is 4.09. The molecule has 0 saturated carbocycles. The van der Waals surface area contributed by atoms with E-state index in [-0.39, 0.29) is 30.9 Å². The van der Waals surface area contributed by atoms with Gasteiger partial charge in [-0.3, -0.25) is 9.59 Å². The van der Waals surface area contributed by atoms with Crippen molar-refractivity contribution in [1.29, 1.82) is 0 Å². The van der Waals surface area contributed by atoms with E-state index in [1.54, 1.807) is 6.08 Å². The summed E-state index contributed by atoms with van der Waals surface area (Å²) >= 11 is 0. The summed E-state index contributed by atoms with van der Waals surface area (Å²) in [4.78, 5) is 32.0. The van der Waals surface area contributed by atoms with Crippen molar-refractivity contribution in [3.8, 4) is 0 Å². The summed E-state index contributed by atoms with van der Waals surface area (Å²) in [5.74, 6) is 0.589. The zero-order valence-corrected chi connectivity index (χ0v) is 17.8.